The summed E-state index contributed by atoms with van der Waals surface area (Å²) in [7, 11) is 0. The maximum atomic E-state index is 13.0. The molecule has 0 aliphatic heterocycles. The average molecular weight is 422 g/mol. The number of halogens is 2. The Morgan fingerprint density at radius 2 is 1.66 bits per heavy atom. The number of benzene rings is 3. The van der Waals surface area contributed by atoms with Crippen LogP contribution in [-0.4, -0.2) is 19.2 Å². The van der Waals surface area contributed by atoms with Gasteiger partial charge in [-0.1, -0.05) is 41.4 Å². The number of rotatable bonds is 3. The number of hydrogen-bond donors (Lipinski definition) is 1. The van der Waals surface area contributed by atoms with E-state index in [0.29, 0.717) is 32.7 Å². The van der Waals surface area contributed by atoms with Crippen molar-refractivity contribution in [2.24, 2.45) is 0 Å². The summed E-state index contributed by atoms with van der Waals surface area (Å²) in [6, 6.07) is 21.7. The van der Waals surface area contributed by atoms with Crippen molar-refractivity contribution in [3.63, 3.8) is 0 Å². The lowest BCUT2D eigenvalue weighted by Crippen LogP contribution is -2.16. The highest BCUT2D eigenvalue weighted by molar-refractivity contribution is 6.31. The van der Waals surface area contributed by atoms with Crippen LogP contribution < -0.4 is 10.9 Å². The van der Waals surface area contributed by atoms with Gasteiger partial charge >= 0.3 is 0 Å². The van der Waals surface area contributed by atoms with Gasteiger partial charge in [-0.05, 0) is 54.6 Å². The molecule has 0 spiro atoms. The fourth-order valence-electron chi connectivity index (χ4n) is 3.19. The van der Waals surface area contributed by atoms with Crippen LogP contribution >= 0.6 is 23.2 Å². The third kappa shape index (κ3) is 3.12. The predicted molar refractivity (Wildman–Crippen MR) is 116 cm³/mol. The first-order valence-corrected chi connectivity index (χ1v) is 9.55. The van der Waals surface area contributed by atoms with Crippen LogP contribution in [0.4, 0.5) is 11.6 Å². The van der Waals surface area contributed by atoms with E-state index in [-0.39, 0.29) is 5.56 Å². The molecule has 2 heterocycles. The molecule has 3 aromatic carbocycles. The molecule has 0 atom stereocenters. The lowest BCUT2D eigenvalue weighted by atomic mass is 10.2. The van der Waals surface area contributed by atoms with Crippen molar-refractivity contribution in [1.82, 2.24) is 19.2 Å². The van der Waals surface area contributed by atoms with Crippen molar-refractivity contribution in [2.75, 3.05) is 5.32 Å². The zero-order valence-electron chi connectivity index (χ0n) is 14.9. The van der Waals surface area contributed by atoms with Gasteiger partial charge in [0.1, 0.15) is 0 Å². The minimum Gasteiger partial charge on any atom is -0.324 e. The summed E-state index contributed by atoms with van der Waals surface area (Å²) >= 11 is 12.2. The summed E-state index contributed by atoms with van der Waals surface area (Å²) in [5, 5.41) is 9.43. The molecule has 1 N–H and O–H groups in total. The summed E-state index contributed by atoms with van der Waals surface area (Å²) in [5.41, 5.74) is 1.85. The minimum atomic E-state index is -0.243. The van der Waals surface area contributed by atoms with E-state index in [2.05, 4.69) is 15.4 Å². The second-order valence-corrected chi connectivity index (χ2v) is 7.29. The molecular weight excluding hydrogens is 409 g/mol. The first kappa shape index (κ1) is 17.7. The Kier molecular flexibility index (Phi) is 4.23. The van der Waals surface area contributed by atoms with E-state index < -0.39 is 0 Å². The van der Waals surface area contributed by atoms with E-state index in [1.165, 1.54) is 4.52 Å². The number of aromatic nitrogens is 4. The van der Waals surface area contributed by atoms with Crippen molar-refractivity contribution in [1.29, 1.82) is 0 Å². The molecule has 2 aromatic heterocycles. The van der Waals surface area contributed by atoms with E-state index in [0.717, 1.165) is 11.4 Å². The van der Waals surface area contributed by atoms with Gasteiger partial charge in [0.25, 0.3) is 5.56 Å². The van der Waals surface area contributed by atoms with Crippen molar-refractivity contribution >= 4 is 51.5 Å². The van der Waals surface area contributed by atoms with Gasteiger partial charge in [-0.25, -0.2) is 9.55 Å². The van der Waals surface area contributed by atoms with Crippen LogP contribution in [0.1, 0.15) is 0 Å². The zero-order valence-corrected chi connectivity index (χ0v) is 16.4. The third-order valence-corrected chi connectivity index (χ3v) is 5.00. The van der Waals surface area contributed by atoms with Crippen molar-refractivity contribution in [2.45, 2.75) is 0 Å². The van der Waals surface area contributed by atoms with Crippen molar-refractivity contribution in [3.8, 4) is 5.69 Å². The molecule has 29 heavy (non-hydrogen) atoms. The van der Waals surface area contributed by atoms with Crippen LogP contribution in [-0.2, 0) is 0 Å². The van der Waals surface area contributed by atoms with E-state index in [4.69, 9.17) is 23.2 Å². The quantitative estimate of drug-likeness (QED) is 0.440. The number of anilines is 2. The zero-order chi connectivity index (χ0) is 20.0. The molecule has 142 valence electrons. The second-order valence-electron chi connectivity index (χ2n) is 6.42. The topological polar surface area (TPSA) is 64.2 Å². The van der Waals surface area contributed by atoms with Gasteiger partial charge in [0.2, 0.25) is 11.7 Å². The number of para-hydroxylation sites is 1. The summed E-state index contributed by atoms with van der Waals surface area (Å²) in [4.78, 5) is 17.7. The largest absolute Gasteiger partial charge is 0.324 e. The van der Waals surface area contributed by atoms with Gasteiger partial charge in [0.15, 0.2) is 0 Å². The molecule has 0 saturated heterocycles. The van der Waals surface area contributed by atoms with E-state index >= 15 is 0 Å². The van der Waals surface area contributed by atoms with Crippen LogP contribution in [0.25, 0.3) is 22.4 Å². The summed E-state index contributed by atoms with van der Waals surface area (Å²) in [6.45, 7) is 0. The van der Waals surface area contributed by atoms with Crippen molar-refractivity contribution < 1.29 is 0 Å². The second kappa shape index (κ2) is 6.92. The van der Waals surface area contributed by atoms with E-state index in [9.17, 15) is 4.79 Å². The fraction of sp³-hybridized carbons (Fsp3) is 0. The molecule has 0 radical (unpaired) electrons. The molecule has 0 bridgehead atoms. The standard InChI is InChI=1S/C21H13Cl2N5O/c22-13-8-10-16(11-9-13)27-20(24-15-5-3-4-14(23)12-15)26-28-19(29)17-6-1-2-7-18(17)25-21(27)28/h1-12H,(H,24,26). The Hall–Kier alpha value is -3.35. The lowest BCUT2D eigenvalue weighted by molar-refractivity contribution is 0.917. The van der Waals surface area contributed by atoms with Gasteiger partial charge < -0.3 is 5.32 Å². The van der Waals surface area contributed by atoms with Gasteiger partial charge in [0, 0.05) is 15.7 Å². The molecule has 5 rings (SSSR count). The Bertz CT molecular complexity index is 1420. The van der Waals surface area contributed by atoms with Gasteiger partial charge in [0.05, 0.1) is 16.6 Å². The highest BCUT2D eigenvalue weighted by atomic mass is 35.5. The molecule has 0 saturated carbocycles. The molecule has 0 aliphatic rings. The Balaban J connectivity index is 1.81. The molecule has 0 fully saturated rings. The first-order valence-electron chi connectivity index (χ1n) is 8.79. The third-order valence-electron chi connectivity index (χ3n) is 4.51. The molecule has 0 amide bonds. The maximum absolute atomic E-state index is 13.0. The van der Waals surface area contributed by atoms with Crippen LogP contribution in [0.3, 0.4) is 0 Å². The Morgan fingerprint density at radius 1 is 0.862 bits per heavy atom. The smallest absolute Gasteiger partial charge is 0.283 e. The number of fused-ring (bicyclic) bond motifs is 2. The van der Waals surface area contributed by atoms with Crippen LogP contribution in [0.15, 0.2) is 77.6 Å². The summed E-state index contributed by atoms with van der Waals surface area (Å²) < 4.78 is 3.06. The van der Waals surface area contributed by atoms with Gasteiger partial charge in [-0.15, -0.1) is 5.10 Å². The molecule has 0 aliphatic carbocycles. The van der Waals surface area contributed by atoms with Gasteiger partial charge in [-0.3, -0.25) is 4.79 Å². The predicted octanol–water partition coefficient (Wildman–Crippen LogP) is 5.08. The lowest BCUT2D eigenvalue weighted by Gasteiger charge is -2.10. The minimum absolute atomic E-state index is 0.243. The fourth-order valence-corrected chi connectivity index (χ4v) is 3.50. The van der Waals surface area contributed by atoms with E-state index in [1.54, 1.807) is 47.0 Å². The summed E-state index contributed by atoms with van der Waals surface area (Å²) in [5.74, 6) is 0.815. The van der Waals surface area contributed by atoms with E-state index in [1.807, 2.05) is 30.3 Å². The highest BCUT2D eigenvalue weighted by Gasteiger charge is 2.17. The molecule has 8 heteroatoms. The summed E-state index contributed by atoms with van der Waals surface area (Å²) in [6.07, 6.45) is 0. The number of nitrogens with zero attached hydrogens (tertiary/aromatic N) is 4. The van der Waals surface area contributed by atoms with Crippen LogP contribution in [0.2, 0.25) is 10.0 Å². The van der Waals surface area contributed by atoms with Crippen molar-refractivity contribution in [3.05, 3.63) is 93.2 Å². The van der Waals surface area contributed by atoms with Crippen LogP contribution in [0, 0.1) is 0 Å². The molecule has 6 nitrogen and oxygen atoms in total. The van der Waals surface area contributed by atoms with Gasteiger partial charge in [-0.2, -0.15) is 4.52 Å². The van der Waals surface area contributed by atoms with Crippen LogP contribution in [0.5, 0.6) is 0 Å². The SMILES string of the molecule is O=c1c2ccccc2nc2n(-c3ccc(Cl)cc3)c(Nc3cccc(Cl)c3)nn12. The maximum Gasteiger partial charge on any atom is 0.283 e. The normalized spacial score (nSPS) is 11.2. The Labute approximate surface area is 175 Å². The average Bonchev–Trinajstić information content (AvgIpc) is 3.07. The number of hydrogen-bond acceptors (Lipinski definition) is 4. The number of nitrogens with one attached hydrogen (secondary N) is 1. The monoisotopic (exact) mass is 421 g/mol. The molecule has 5 aromatic rings. The first-order chi connectivity index (χ1) is 14.1. The molecular formula is C21H13Cl2N5O. The highest BCUT2D eigenvalue weighted by Crippen LogP contribution is 2.25. The Morgan fingerprint density at radius 3 is 2.45 bits per heavy atom. The molecule has 0 unspecified atom stereocenters.